The second kappa shape index (κ2) is 7.75. The van der Waals surface area contributed by atoms with Crippen LogP contribution < -0.4 is 15.4 Å². The van der Waals surface area contributed by atoms with E-state index in [1.54, 1.807) is 0 Å². The summed E-state index contributed by atoms with van der Waals surface area (Å²) in [7, 11) is -4.36. The number of carbonyl (C=O) groups is 1. The first-order valence-electron chi connectivity index (χ1n) is 8.86. The number of amides is 1. The molecule has 1 aliphatic rings. The van der Waals surface area contributed by atoms with Crippen LogP contribution in [0.1, 0.15) is 35.2 Å². The number of rotatable bonds is 5. The van der Waals surface area contributed by atoms with Crippen LogP contribution in [0.2, 0.25) is 0 Å². The Labute approximate surface area is 162 Å². The molecule has 150 valence electrons. The number of aryl methyl sites for hydroxylation is 1. The molecule has 1 aliphatic heterocycles. The minimum atomic E-state index is -4.36. The molecular weight excluding hydrogens is 388 g/mol. The van der Waals surface area contributed by atoms with Gasteiger partial charge in [-0.15, -0.1) is 0 Å². The maximum absolute atomic E-state index is 14.1. The summed E-state index contributed by atoms with van der Waals surface area (Å²) >= 11 is 0. The van der Waals surface area contributed by atoms with Crippen LogP contribution in [0.5, 0.6) is 0 Å². The number of anilines is 2. The number of nitrogens with zero attached hydrogens (tertiary/aromatic N) is 1. The number of halogens is 2. The summed E-state index contributed by atoms with van der Waals surface area (Å²) in [5.41, 5.74) is 6.38. The Kier molecular flexibility index (Phi) is 5.55. The van der Waals surface area contributed by atoms with Crippen molar-refractivity contribution in [1.82, 2.24) is 0 Å². The highest BCUT2D eigenvalue weighted by molar-refractivity contribution is 7.92. The number of benzene rings is 2. The van der Waals surface area contributed by atoms with Crippen molar-refractivity contribution in [3.63, 3.8) is 0 Å². The fourth-order valence-electron chi connectivity index (χ4n) is 3.24. The molecule has 0 spiro atoms. The van der Waals surface area contributed by atoms with Gasteiger partial charge in [-0.3, -0.25) is 9.52 Å². The summed E-state index contributed by atoms with van der Waals surface area (Å²) in [6, 6.07) is 5.77. The van der Waals surface area contributed by atoms with Gasteiger partial charge in [-0.25, -0.2) is 17.2 Å². The molecule has 1 saturated heterocycles. The summed E-state index contributed by atoms with van der Waals surface area (Å²) in [6.45, 7) is 2.78. The standard InChI is InChI=1S/C19H21F2N3O3S/c1-12-9-16(21)18(11-15(12)20)28(26,27)23-13-5-6-14(19(22)25)17(10-13)24-7-3-2-4-8-24/h5-6,9-11,23H,2-4,7-8H2,1H3,(H2,22,25). The molecule has 3 rings (SSSR count). The Morgan fingerprint density at radius 2 is 1.75 bits per heavy atom. The second-order valence-electron chi connectivity index (χ2n) is 6.78. The molecule has 2 aromatic rings. The minimum absolute atomic E-state index is 0.00893. The van der Waals surface area contributed by atoms with Gasteiger partial charge in [-0.05, 0) is 62.1 Å². The van der Waals surface area contributed by atoms with E-state index in [1.807, 2.05) is 4.90 Å². The van der Waals surface area contributed by atoms with Crippen LogP contribution in [-0.2, 0) is 10.0 Å². The van der Waals surface area contributed by atoms with Gasteiger partial charge in [0.15, 0.2) is 0 Å². The Balaban J connectivity index is 1.98. The first-order valence-corrected chi connectivity index (χ1v) is 10.3. The lowest BCUT2D eigenvalue weighted by molar-refractivity contribution is 0.100. The fraction of sp³-hybridized carbons (Fsp3) is 0.316. The lowest BCUT2D eigenvalue weighted by atomic mass is 10.1. The van der Waals surface area contributed by atoms with Crippen molar-refractivity contribution in [2.24, 2.45) is 5.73 Å². The highest BCUT2D eigenvalue weighted by atomic mass is 32.2. The van der Waals surface area contributed by atoms with Crippen LogP contribution in [0.4, 0.5) is 20.2 Å². The quantitative estimate of drug-likeness (QED) is 0.793. The Hall–Kier alpha value is -2.68. The van der Waals surface area contributed by atoms with Gasteiger partial charge in [0.1, 0.15) is 16.5 Å². The van der Waals surface area contributed by atoms with E-state index in [1.165, 1.54) is 25.1 Å². The molecule has 6 nitrogen and oxygen atoms in total. The monoisotopic (exact) mass is 409 g/mol. The minimum Gasteiger partial charge on any atom is -0.371 e. The molecule has 0 unspecified atom stereocenters. The van der Waals surface area contributed by atoms with Crippen molar-refractivity contribution in [1.29, 1.82) is 0 Å². The molecule has 0 radical (unpaired) electrons. The molecule has 0 atom stereocenters. The Morgan fingerprint density at radius 3 is 2.39 bits per heavy atom. The van der Waals surface area contributed by atoms with Crippen molar-refractivity contribution < 1.29 is 22.0 Å². The molecule has 0 saturated carbocycles. The number of nitrogens with one attached hydrogen (secondary N) is 1. The number of sulfonamides is 1. The third-order valence-corrected chi connectivity index (χ3v) is 6.11. The zero-order valence-electron chi connectivity index (χ0n) is 15.3. The summed E-state index contributed by atoms with van der Waals surface area (Å²) < 4.78 is 55.3. The van der Waals surface area contributed by atoms with Crippen LogP contribution in [-0.4, -0.2) is 27.4 Å². The van der Waals surface area contributed by atoms with Crippen LogP contribution in [0.15, 0.2) is 35.2 Å². The second-order valence-corrected chi connectivity index (χ2v) is 8.43. The maximum atomic E-state index is 14.1. The van der Waals surface area contributed by atoms with E-state index < -0.39 is 32.5 Å². The van der Waals surface area contributed by atoms with E-state index in [0.29, 0.717) is 24.8 Å². The van der Waals surface area contributed by atoms with Gasteiger partial charge in [-0.1, -0.05) is 0 Å². The van der Waals surface area contributed by atoms with E-state index in [-0.39, 0.29) is 16.8 Å². The van der Waals surface area contributed by atoms with Crippen molar-refractivity contribution in [3.8, 4) is 0 Å². The molecule has 1 fully saturated rings. The van der Waals surface area contributed by atoms with E-state index >= 15 is 0 Å². The molecule has 2 aromatic carbocycles. The Morgan fingerprint density at radius 1 is 1.07 bits per heavy atom. The summed E-state index contributed by atoms with van der Waals surface area (Å²) in [5, 5.41) is 0. The average molecular weight is 409 g/mol. The highest BCUT2D eigenvalue weighted by Crippen LogP contribution is 2.29. The van der Waals surface area contributed by atoms with Gasteiger partial charge < -0.3 is 10.6 Å². The molecule has 1 heterocycles. The molecular formula is C19H21F2N3O3S. The zero-order chi connectivity index (χ0) is 20.5. The van der Waals surface area contributed by atoms with Crippen LogP contribution in [0.25, 0.3) is 0 Å². The number of piperidine rings is 1. The number of carbonyl (C=O) groups excluding carboxylic acids is 1. The molecule has 28 heavy (non-hydrogen) atoms. The van der Waals surface area contributed by atoms with Gasteiger partial charge in [0.05, 0.1) is 16.9 Å². The SMILES string of the molecule is Cc1cc(F)c(S(=O)(=O)Nc2ccc(C(N)=O)c(N3CCCCC3)c2)cc1F. The fourth-order valence-corrected chi connectivity index (χ4v) is 4.37. The number of hydrogen-bond acceptors (Lipinski definition) is 4. The van der Waals surface area contributed by atoms with Gasteiger partial charge >= 0.3 is 0 Å². The topological polar surface area (TPSA) is 92.5 Å². The number of nitrogens with two attached hydrogens (primary N) is 1. The summed E-state index contributed by atoms with van der Waals surface area (Å²) in [4.78, 5) is 12.9. The van der Waals surface area contributed by atoms with E-state index in [0.717, 1.165) is 25.3 Å². The van der Waals surface area contributed by atoms with Crippen LogP contribution >= 0.6 is 0 Å². The summed E-state index contributed by atoms with van der Waals surface area (Å²) in [5.74, 6) is -2.49. The number of hydrogen-bond donors (Lipinski definition) is 2. The lowest BCUT2D eigenvalue weighted by Gasteiger charge is -2.30. The first kappa shape index (κ1) is 20.1. The number of primary amides is 1. The largest absolute Gasteiger partial charge is 0.371 e. The van der Waals surface area contributed by atoms with Gasteiger partial charge in [0, 0.05) is 13.1 Å². The highest BCUT2D eigenvalue weighted by Gasteiger charge is 2.23. The van der Waals surface area contributed by atoms with Gasteiger partial charge in [-0.2, -0.15) is 0 Å². The Bertz CT molecular complexity index is 1020. The third kappa shape index (κ3) is 4.09. The van der Waals surface area contributed by atoms with Crippen molar-refractivity contribution in [2.75, 3.05) is 22.7 Å². The van der Waals surface area contributed by atoms with Crippen molar-refractivity contribution in [2.45, 2.75) is 31.1 Å². The van der Waals surface area contributed by atoms with Gasteiger partial charge in [0.2, 0.25) is 0 Å². The van der Waals surface area contributed by atoms with E-state index in [2.05, 4.69) is 4.72 Å². The first-order chi connectivity index (χ1) is 13.2. The van der Waals surface area contributed by atoms with Crippen LogP contribution in [0.3, 0.4) is 0 Å². The predicted molar refractivity (Wildman–Crippen MR) is 103 cm³/mol. The third-order valence-electron chi connectivity index (χ3n) is 4.71. The lowest BCUT2D eigenvalue weighted by Crippen LogP contribution is -2.31. The molecule has 1 amide bonds. The zero-order valence-corrected chi connectivity index (χ0v) is 16.2. The molecule has 0 aliphatic carbocycles. The smallest absolute Gasteiger partial charge is 0.264 e. The normalized spacial score (nSPS) is 14.8. The van der Waals surface area contributed by atoms with Crippen molar-refractivity contribution >= 4 is 27.3 Å². The van der Waals surface area contributed by atoms with E-state index in [4.69, 9.17) is 5.73 Å². The van der Waals surface area contributed by atoms with Crippen molar-refractivity contribution in [3.05, 3.63) is 53.1 Å². The predicted octanol–water partition coefficient (Wildman–Crippen LogP) is 3.16. The molecule has 3 N–H and O–H groups in total. The molecule has 0 bridgehead atoms. The molecule has 9 heteroatoms. The maximum Gasteiger partial charge on any atom is 0.264 e. The van der Waals surface area contributed by atoms with Gasteiger partial charge in [0.25, 0.3) is 15.9 Å². The van der Waals surface area contributed by atoms with E-state index in [9.17, 15) is 22.0 Å². The average Bonchev–Trinajstić information content (AvgIpc) is 2.64. The molecule has 0 aromatic heterocycles. The van der Waals surface area contributed by atoms with Crippen LogP contribution in [0, 0.1) is 18.6 Å². The summed E-state index contributed by atoms with van der Waals surface area (Å²) in [6.07, 6.45) is 2.97.